The van der Waals surface area contributed by atoms with E-state index < -0.39 is 0 Å². The molecule has 5 nitrogen and oxygen atoms in total. The number of carbonyl (C=O) groups is 1. The van der Waals surface area contributed by atoms with Crippen LogP contribution < -0.4 is 10.6 Å². The van der Waals surface area contributed by atoms with Gasteiger partial charge in [0.2, 0.25) is 0 Å². The zero-order valence-electron chi connectivity index (χ0n) is 13.7. The van der Waals surface area contributed by atoms with E-state index in [-0.39, 0.29) is 17.4 Å². The molecule has 0 saturated carbocycles. The van der Waals surface area contributed by atoms with Crippen LogP contribution in [0.2, 0.25) is 0 Å². The molecule has 0 spiro atoms. The molecule has 1 heterocycles. The number of hydrogen-bond acceptors (Lipinski definition) is 4. The van der Waals surface area contributed by atoms with Crippen molar-refractivity contribution >= 4 is 17.4 Å². The number of aromatic nitrogens is 2. The minimum absolute atomic E-state index is 0.262. The number of carbonyl (C=O) groups excluding carboxylic acids is 1. The summed E-state index contributed by atoms with van der Waals surface area (Å²) in [5.41, 5.74) is 2.94. The summed E-state index contributed by atoms with van der Waals surface area (Å²) in [6.45, 7) is 2.42. The molecule has 0 aliphatic rings. The highest BCUT2D eigenvalue weighted by molar-refractivity contribution is 6.03. The Balaban J connectivity index is 1.66. The molecule has 2 N–H and O–H groups in total. The van der Waals surface area contributed by atoms with Gasteiger partial charge in [0.1, 0.15) is 23.7 Å². The number of rotatable bonds is 5. The number of anilines is 2. The summed E-state index contributed by atoms with van der Waals surface area (Å²) in [5.74, 6) is -0.0626. The molecule has 0 atom stereocenters. The van der Waals surface area contributed by atoms with Crippen LogP contribution in [0.15, 0.2) is 60.9 Å². The van der Waals surface area contributed by atoms with E-state index in [0.29, 0.717) is 18.1 Å². The minimum Gasteiger partial charge on any atom is -0.366 e. The second-order valence-electron chi connectivity index (χ2n) is 5.59. The minimum atomic E-state index is -0.308. The maximum absolute atomic E-state index is 12.9. The number of halogens is 1. The SMILES string of the molecule is Cc1cccc(NC(=O)c2cc(NCc3ccc(F)cc3)ncn2)c1. The molecule has 0 aliphatic heterocycles. The van der Waals surface area contributed by atoms with Gasteiger partial charge in [0.05, 0.1) is 0 Å². The molecule has 0 fully saturated rings. The molecular weight excluding hydrogens is 319 g/mol. The van der Waals surface area contributed by atoms with Crippen LogP contribution >= 0.6 is 0 Å². The summed E-state index contributed by atoms with van der Waals surface area (Å²) in [5, 5.41) is 5.90. The van der Waals surface area contributed by atoms with Crippen molar-refractivity contribution in [2.45, 2.75) is 13.5 Å². The van der Waals surface area contributed by atoms with Crippen LogP contribution in [0.5, 0.6) is 0 Å². The second kappa shape index (κ2) is 7.53. The van der Waals surface area contributed by atoms with Gasteiger partial charge in [-0.3, -0.25) is 4.79 Å². The Morgan fingerprint density at radius 3 is 2.64 bits per heavy atom. The number of nitrogens with one attached hydrogen (secondary N) is 2. The van der Waals surface area contributed by atoms with Gasteiger partial charge in [-0.15, -0.1) is 0 Å². The van der Waals surface area contributed by atoms with E-state index in [2.05, 4.69) is 20.6 Å². The molecule has 6 heteroatoms. The Kier molecular flexibility index (Phi) is 4.99. The van der Waals surface area contributed by atoms with Crippen LogP contribution in [-0.4, -0.2) is 15.9 Å². The summed E-state index contributed by atoms with van der Waals surface area (Å²) in [4.78, 5) is 20.4. The van der Waals surface area contributed by atoms with Gasteiger partial charge < -0.3 is 10.6 Å². The Morgan fingerprint density at radius 2 is 1.88 bits per heavy atom. The predicted octanol–water partition coefficient (Wildman–Crippen LogP) is 3.79. The highest BCUT2D eigenvalue weighted by Crippen LogP contribution is 2.12. The van der Waals surface area contributed by atoms with E-state index in [1.165, 1.54) is 18.5 Å². The lowest BCUT2D eigenvalue weighted by Gasteiger charge is -2.08. The molecule has 0 unspecified atom stereocenters. The van der Waals surface area contributed by atoms with E-state index in [9.17, 15) is 9.18 Å². The molecule has 3 rings (SSSR count). The highest BCUT2D eigenvalue weighted by Gasteiger charge is 2.09. The molecule has 0 saturated heterocycles. The van der Waals surface area contributed by atoms with Crippen molar-refractivity contribution in [3.8, 4) is 0 Å². The molecule has 0 aliphatic carbocycles. The Bertz CT molecular complexity index is 881. The van der Waals surface area contributed by atoms with Gasteiger partial charge in [0.25, 0.3) is 5.91 Å². The van der Waals surface area contributed by atoms with Gasteiger partial charge >= 0.3 is 0 Å². The van der Waals surface area contributed by atoms with Crippen LogP contribution in [0, 0.1) is 12.7 Å². The molecular formula is C19H17FN4O. The molecule has 2 aromatic carbocycles. The molecule has 1 amide bonds. The highest BCUT2D eigenvalue weighted by atomic mass is 19.1. The summed E-state index contributed by atoms with van der Waals surface area (Å²) in [6, 6.07) is 15.3. The fraction of sp³-hybridized carbons (Fsp3) is 0.105. The number of benzene rings is 2. The van der Waals surface area contributed by atoms with E-state index in [4.69, 9.17) is 0 Å². The normalized spacial score (nSPS) is 10.3. The molecule has 1 aromatic heterocycles. The number of hydrogen-bond donors (Lipinski definition) is 2. The van der Waals surface area contributed by atoms with Gasteiger partial charge in [-0.2, -0.15) is 0 Å². The van der Waals surface area contributed by atoms with E-state index in [1.54, 1.807) is 18.2 Å². The Morgan fingerprint density at radius 1 is 1.08 bits per heavy atom. The van der Waals surface area contributed by atoms with Crippen molar-refractivity contribution in [2.24, 2.45) is 0 Å². The quantitative estimate of drug-likeness (QED) is 0.744. The molecule has 3 aromatic rings. The monoisotopic (exact) mass is 336 g/mol. The van der Waals surface area contributed by atoms with Crippen molar-refractivity contribution in [1.29, 1.82) is 0 Å². The smallest absolute Gasteiger partial charge is 0.274 e. The first-order chi connectivity index (χ1) is 12.1. The third-order valence-corrected chi connectivity index (χ3v) is 3.56. The lowest BCUT2D eigenvalue weighted by Crippen LogP contribution is -2.14. The number of amides is 1. The zero-order valence-corrected chi connectivity index (χ0v) is 13.7. The van der Waals surface area contributed by atoms with Gasteiger partial charge in [-0.05, 0) is 42.3 Å². The Hall–Kier alpha value is -3.28. The van der Waals surface area contributed by atoms with Gasteiger partial charge in [0, 0.05) is 18.3 Å². The van der Waals surface area contributed by atoms with E-state index in [0.717, 1.165) is 11.1 Å². The molecule has 25 heavy (non-hydrogen) atoms. The fourth-order valence-corrected chi connectivity index (χ4v) is 2.29. The maximum atomic E-state index is 12.9. The topological polar surface area (TPSA) is 66.9 Å². The zero-order chi connectivity index (χ0) is 17.6. The van der Waals surface area contributed by atoms with Crippen molar-refractivity contribution in [3.05, 3.63) is 83.6 Å². The molecule has 0 radical (unpaired) electrons. The number of aryl methyl sites for hydroxylation is 1. The van der Waals surface area contributed by atoms with Crippen LogP contribution in [0.3, 0.4) is 0 Å². The van der Waals surface area contributed by atoms with Gasteiger partial charge in [-0.1, -0.05) is 24.3 Å². The third-order valence-electron chi connectivity index (χ3n) is 3.56. The average molecular weight is 336 g/mol. The maximum Gasteiger partial charge on any atom is 0.274 e. The molecule has 126 valence electrons. The number of nitrogens with zero attached hydrogens (tertiary/aromatic N) is 2. The first-order valence-electron chi connectivity index (χ1n) is 7.78. The van der Waals surface area contributed by atoms with Crippen molar-refractivity contribution in [2.75, 3.05) is 10.6 Å². The third kappa shape index (κ3) is 4.60. The largest absolute Gasteiger partial charge is 0.366 e. The van der Waals surface area contributed by atoms with Crippen LogP contribution in [0.25, 0.3) is 0 Å². The van der Waals surface area contributed by atoms with Crippen LogP contribution in [0.4, 0.5) is 15.9 Å². The van der Waals surface area contributed by atoms with Crippen molar-refractivity contribution in [3.63, 3.8) is 0 Å². The van der Waals surface area contributed by atoms with E-state index >= 15 is 0 Å². The standard InChI is InChI=1S/C19H17FN4O/c1-13-3-2-4-16(9-13)24-19(25)17-10-18(23-12-22-17)21-11-14-5-7-15(20)8-6-14/h2-10,12H,11H2,1H3,(H,24,25)(H,21,22,23). The van der Waals surface area contributed by atoms with E-state index in [1.807, 2.05) is 31.2 Å². The first-order valence-corrected chi connectivity index (χ1v) is 7.78. The summed E-state index contributed by atoms with van der Waals surface area (Å²) >= 11 is 0. The van der Waals surface area contributed by atoms with Crippen molar-refractivity contribution in [1.82, 2.24) is 9.97 Å². The summed E-state index contributed by atoms with van der Waals surface area (Å²) in [6.07, 6.45) is 1.33. The lowest BCUT2D eigenvalue weighted by atomic mass is 10.2. The average Bonchev–Trinajstić information content (AvgIpc) is 2.61. The second-order valence-corrected chi connectivity index (χ2v) is 5.59. The van der Waals surface area contributed by atoms with Gasteiger partial charge in [-0.25, -0.2) is 14.4 Å². The first kappa shape index (κ1) is 16.6. The lowest BCUT2D eigenvalue weighted by molar-refractivity contribution is 0.102. The fourth-order valence-electron chi connectivity index (χ4n) is 2.29. The summed E-state index contributed by atoms with van der Waals surface area (Å²) in [7, 11) is 0. The Labute approximate surface area is 145 Å². The van der Waals surface area contributed by atoms with Crippen molar-refractivity contribution < 1.29 is 9.18 Å². The van der Waals surface area contributed by atoms with Crippen LogP contribution in [-0.2, 0) is 6.54 Å². The molecule has 0 bridgehead atoms. The summed E-state index contributed by atoms with van der Waals surface area (Å²) < 4.78 is 12.9. The van der Waals surface area contributed by atoms with Gasteiger partial charge in [0.15, 0.2) is 0 Å². The van der Waals surface area contributed by atoms with Crippen LogP contribution in [0.1, 0.15) is 21.6 Å². The predicted molar refractivity (Wildman–Crippen MR) is 94.9 cm³/mol.